The minimum atomic E-state index is -0.414. The summed E-state index contributed by atoms with van der Waals surface area (Å²) in [5.74, 6) is 0.752. The predicted molar refractivity (Wildman–Crippen MR) is 94.7 cm³/mol. The average molecular weight is 315 g/mol. The fourth-order valence-corrected chi connectivity index (χ4v) is 2.88. The van der Waals surface area contributed by atoms with Crippen molar-refractivity contribution >= 4 is 5.91 Å². The van der Waals surface area contributed by atoms with Gasteiger partial charge in [0, 0.05) is 6.54 Å². The standard InChI is InChI=1S/C20H29NO2/c1-3-16-10-12-18(13-11-16)23-19(4-2)20(22)21-15-14-17-8-6-5-7-9-17/h8,10-13,19H,3-7,9,14-15H2,1-2H3,(H,21,22)/t19-/m1/s1. The van der Waals surface area contributed by atoms with Crippen molar-refractivity contribution in [2.75, 3.05) is 6.54 Å². The second-order valence-electron chi connectivity index (χ2n) is 6.16. The molecule has 0 radical (unpaired) electrons. The summed E-state index contributed by atoms with van der Waals surface area (Å²) in [6.07, 6.45) is 9.53. The van der Waals surface area contributed by atoms with E-state index >= 15 is 0 Å². The summed E-state index contributed by atoms with van der Waals surface area (Å²) in [5.41, 5.74) is 2.76. The lowest BCUT2D eigenvalue weighted by Gasteiger charge is -2.18. The zero-order valence-corrected chi connectivity index (χ0v) is 14.4. The smallest absolute Gasteiger partial charge is 0.261 e. The Kier molecular flexibility index (Phi) is 7.18. The van der Waals surface area contributed by atoms with Gasteiger partial charge in [-0.05, 0) is 62.6 Å². The Bertz CT molecular complexity index is 519. The van der Waals surface area contributed by atoms with E-state index in [9.17, 15) is 4.79 Å². The number of hydrogen-bond donors (Lipinski definition) is 1. The van der Waals surface area contributed by atoms with Crippen LogP contribution in [0.15, 0.2) is 35.9 Å². The van der Waals surface area contributed by atoms with Gasteiger partial charge in [0.1, 0.15) is 5.75 Å². The first-order valence-electron chi connectivity index (χ1n) is 8.94. The van der Waals surface area contributed by atoms with Crippen molar-refractivity contribution in [2.24, 2.45) is 0 Å². The second-order valence-corrected chi connectivity index (χ2v) is 6.16. The lowest BCUT2D eigenvalue weighted by molar-refractivity contribution is -0.128. The molecule has 126 valence electrons. The van der Waals surface area contributed by atoms with Crippen molar-refractivity contribution in [3.63, 3.8) is 0 Å². The molecule has 0 bridgehead atoms. The minimum Gasteiger partial charge on any atom is -0.481 e. The van der Waals surface area contributed by atoms with Crippen LogP contribution in [0.25, 0.3) is 0 Å². The van der Waals surface area contributed by atoms with Crippen molar-refractivity contribution < 1.29 is 9.53 Å². The van der Waals surface area contributed by atoms with Gasteiger partial charge in [-0.1, -0.05) is 37.6 Å². The molecular weight excluding hydrogens is 286 g/mol. The zero-order chi connectivity index (χ0) is 16.5. The third-order valence-corrected chi connectivity index (χ3v) is 4.40. The molecule has 1 aromatic rings. The molecule has 0 aromatic heterocycles. The van der Waals surface area contributed by atoms with Crippen molar-refractivity contribution in [1.29, 1.82) is 0 Å². The van der Waals surface area contributed by atoms with Crippen molar-refractivity contribution in [1.82, 2.24) is 5.32 Å². The maximum atomic E-state index is 12.3. The summed E-state index contributed by atoms with van der Waals surface area (Å²) in [7, 11) is 0. The summed E-state index contributed by atoms with van der Waals surface area (Å²) < 4.78 is 5.84. The molecule has 2 rings (SSSR count). The number of nitrogens with one attached hydrogen (secondary N) is 1. The molecule has 1 amide bonds. The molecule has 1 atom stereocenters. The maximum Gasteiger partial charge on any atom is 0.261 e. The van der Waals surface area contributed by atoms with E-state index in [1.54, 1.807) is 0 Å². The Hall–Kier alpha value is -1.77. The number of ether oxygens (including phenoxy) is 1. The van der Waals surface area contributed by atoms with Crippen molar-refractivity contribution in [3.05, 3.63) is 41.5 Å². The molecular formula is C20H29NO2. The molecule has 0 saturated carbocycles. The van der Waals surface area contributed by atoms with E-state index in [1.165, 1.54) is 36.8 Å². The van der Waals surface area contributed by atoms with Crippen LogP contribution in [0.5, 0.6) is 5.75 Å². The number of hydrogen-bond acceptors (Lipinski definition) is 2. The van der Waals surface area contributed by atoms with E-state index in [-0.39, 0.29) is 5.91 Å². The molecule has 23 heavy (non-hydrogen) atoms. The summed E-state index contributed by atoms with van der Waals surface area (Å²) in [6, 6.07) is 7.99. The molecule has 1 aromatic carbocycles. The van der Waals surface area contributed by atoms with Crippen LogP contribution >= 0.6 is 0 Å². The number of allylic oxidation sites excluding steroid dienone is 1. The molecule has 0 unspecified atom stereocenters. The summed E-state index contributed by atoms with van der Waals surface area (Å²) in [6.45, 7) is 4.81. The van der Waals surface area contributed by atoms with Gasteiger partial charge in [0.25, 0.3) is 5.91 Å². The van der Waals surface area contributed by atoms with E-state index in [1.807, 2.05) is 19.1 Å². The highest BCUT2D eigenvalue weighted by molar-refractivity contribution is 5.81. The van der Waals surface area contributed by atoms with E-state index in [2.05, 4.69) is 30.4 Å². The molecule has 1 aliphatic rings. The van der Waals surface area contributed by atoms with Gasteiger partial charge in [0.15, 0.2) is 6.10 Å². The lowest BCUT2D eigenvalue weighted by atomic mass is 9.97. The fourth-order valence-electron chi connectivity index (χ4n) is 2.88. The summed E-state index contributed by atoms with van der Waals surface area (Å²) >= 11 is 0. The largest absolute Gasteiger partial charge is 0.481 e. The summed E-state index contributed by atoms with van der Waals surface area (Å²) in [5, 5.41) is 3.02. The van der Waals surface area contributed by atoms with E-state index < -0.39 is 6.10 Å². The maximum absolute atomic E-state index is 12.3. The van der Waals surface area contributed by atoms with E-state index in [4.69, 9.17) is 4.74 Å². The van der Waals surface area contributed by atoms with Crippen molar-refractivity contribution in [2.45, 2.75) is 64.9 Å². The van der Waals surface area contributed by atoms with Crippen LogP contribution in [0.2, 0.25) is 0 Å². The van der Waals surface area contributed by atoms with Gasteiger partial charge in [0.2, 0.25) is 0 Å². The zero-order valence-electron chi connectivity index (χ0n) is 14.4. The van der Waals surface area contributed by atoms with Crippen LogP contribution in [0.1, 0.15) is 57.9 Å². The minimum absolute atomic E-state index is 0.0107. The van der Waals surface area contributed by atoms with E-state index in [0.29, 0.717) is 13.0 Å². The first-order chi connectivity index (χ1) is 11.2. The normalized spacial score (nSPS) is 15.7. The lowest BCUT2D eigenvalue weighted by Crippen LogP contribution is -2.38. The number of carbonyl (C=O) groups excluding carboxylic acids is 1. The van der Waals surface area contributed by atoms with Gasteiger partial charge in [-0.15, -0.1) is 0 Å². The molecule has 0 aliphatic heterocycles. The average Bonchev–Trinajstić information content (AvgIpc) is 2.61. The summed E-state index contributed by atoms with van der Waals surface area (Å²) in [4.78, 5) is 12.3. The predicted octanol–water partition coefficient (Wildman–Crippen LogP) is 4.41. The first kappa shape index (κ1) is 17.6. The van der Waals surface area contributed by atoms with Gasteiger partial charge in [-0.2, -0.15) is 0 Å². The van der Waals surface area contributed by atoms with Gasteiger partial charge < -0.3 is 10.1 Å². The Morgan fingerprint density at radius 1 is 1.22 bits per heavy atom. The Balaban J connectivity index is 1.79. The van der Waals surface area contributed by atoms with Crippen LogP contribution in [0.4, 0.5) is 0 Å². The van der Waals surface area contributed by atoms with Gasteiger partial charge >= 0.3 is 0 Å². The first-order valence-corrected chi connectivity index (χ1v) is 8.94. The highest BCUT2D eigenvalue weighted by Gasteiger charge is 2.18. The number of aryl methyl sites for hydroxylation is 1. The highest BCUT2D eigenvalue weighted by Crippen LogP contribution is 2.19. The quantitative estimate of drug-likeness (QED) is 0.721. The molecule has 3 heteroatoms. The number of rotatable bonds is 8. The highest BCUT2D eigenvalue weighted by atomic mass is 16.5. The van der Waals surface area contributed by atoms with Crippen LogP contribution in [0.3, 0.4) is 0 Å². The molecule has 3 nitrogen and oxygen atoms in total. The second kappa shape index (κ2) is 9.39. The Morgan fingerprint density at radius 3 is 2.61 bits per heavy atom. The Labute approximate surface area is 140 Å². The fraction of sp³-hybridized carbons (Fsp3) is 0.550. The van der Waals surface area contributed by atoms with Gasteiger partial charge in [0.05, 0.1) is 0 Å². The van der Waals surface area contributed by atoms with Crippen LogP contribution in [0, 0.1) is 0 Å². The molecule has 1 aliphatic carbocycles. The number of carbonyl (C=O) groups is 1. The van der Waals surface area contributed by atoms with Gasteiger partial charge in [-0.3, -0.25) is 4.79 Å². The number of benzene rings is 1. The van der Waals surface area contributed by atoms with Crippen molar-refractivity contribution in [3.8, 4) is 5.75 Å². The van der Waals surface area contributed by atoms with Gasteiger partial charge in [-0.25, -0.2) is 0 Å². The molecule has 0 fully saturated rings. The Morgan fingerprint density at radius 2 is 2.00 bits per heavy atom. The van der Waals surface area contributed by atoms with Crippen LogP contribution < -0.4 is 10.1 Å². The topological polar surface area (TPSA) is 38.3 Å². The molecule has 1 N–H and O–H groups in total. The number of amides is 1. The monoisotopic (exact) mass is 315 g/mol. The third kappa shape index (κ3) is 5.74. The molecule has 0 spiro atoms. The SMILES string of the molecule is CCc1ccc(O[C@H](CC)C(=O)NCCC2=CCCCC2)cc1. The third-order valence-electron chi connectivity index (χ3n) is 4.40. The van der Waals surface area contributed by atoms with Crippen LogP contribution in [-0.2, 0) is 11.2 Å². The van der Waals surface area contributed by atoms with Crippen LogP contribution in [-0.4, -0.2) is 18.6 Å². The molecule has 0 saturated heterocycles. The van der Waals surface area contributed by atoms with E-state index in [0.717, 1.165) is 18.6 Å². The molecule has 0 heterocycles.